The van der Waals surface area contributed by atoms with Gasteiger partial charge in [0.2, 0.25) is 0 Å². The Bertz CT molecular complexity index is 673. The molecule has 0 saturated carbocycles. The van der Waals surface area contributed by atoms with Gasteiger partial charge < -0.3 is 10.1 Å². The zero-order chi connectivity index (χ0) is 15.2. The molecule has 0 unspecified atom stereocenters. The first kappa shape index (κ1) is 14.4. The third kappa shape index (κ3) is 4.27. The monoisotopic (exact) mass is 287 g/mol. The first-order valence-electron chi connectivity index (χ1n) is 6.14. The van der Waals surface area contributed by atoms with Gasteiger partial charge in [0.15, 0.2) is 6.61 Å². The van der Waals surface area contributed by atoms with Crippen LogP contribution in [0.4, 0.5) is 11.5 Å². The number of rotatable bonds is 5. The highest BCUT2D eigenvalue weighted by Crippen LogP contribution is 2.15. The molecule has 108 valence electrons. The lowest BCUT2D eigenvalue weighted by Gasteiger charge is -2.07. The van der Waals surface area contributed by atoms with Crippen molar-refractivity contribution in [2.45, 2.75) is 6.92 Å². The second-order valence-corrected chi connectivity index (χ2v) is 4.31. The Kier molecular flexibility index (Phi) is 4.45. The quantitative estimate of drug-likeness (QED) is 0.672. The Morgan fingerprint density at radius 2 is 2.19 bits per heavy atom. The largest absolute Gasteiger partial charge is 0.484 e. The molecule has 21 heavy (non-hydrogen) atoms. The molecular weight excluding hydrogens is 274 g/mol. The van der Waals surface area contributed by atoms with Gasteiger partial charge in [-0.2, -0.15) is 0 Å². The van der Waals surface area contributed by atoms with Crippen LogP contribution in [-0.4, -0.2) is 22.4 Å². The minimum Gasteiger partial charge on any atom is -0.484 e. The zero-order valence-electron chi connectivity index (χ0n) is 11.3. The summed E-state index contributed by atoms with van der Waals surface area (Å²) >= 11 is 0. The fraction of sp³-hybridized carbons (Fsp3) is 0.143. The van der Waals surface area contributed by atoms with Crippen molar-refractivity contribution >= 4 is 17.4 Å². The molecule has 0 radical (unpaired) electrons. The van der Waals surface area contributed by atoms with E-state index in [-0.39, 0.29) is 18.1 Å². The molecule has 0 aliphatic rings. The van der Waals surface area contributed by atoms with Crippen molar-refractivity contribution in [1.82, 2.24) is 4.98 Å². The van der Waals surface area contributed by atoms with Gasteiger partial charge in [-0.3, -0.25) is 14.9 Å². The number of carbonyl (C=O) groups excluding carboxylic acids is 1. The van der Waals surface area contributed by atoms with Gasteiger partial charge in [-0.1, -0.05) is 12.1 Å². The summed E-state index contributed by atoms with van der Waals surface area (Å²) in [6.07, 6.45) is 1.26. The van der Waals surface area contributed by atoms with E-state index >= 15 is 0 Å². The average Bonchev–Trinajstić information content (AvgIpc) is 2.45. The van der Waals surface area contributed by atoms with Gasteiger partial charge in [-0.05, 0) is 24.6 Å². The molecule has 0 spiro atoms. The van der Waals surface area contributed by atoms with Crippen molar-refractivity contribution in [2.75, 3.05) is 11.9 Å². The minimum atomic E-state index is -0.555. The van der Waals surface area contributed by atoms with Crippen LogP contribution in [0.15, 0.2) is 42.6 Å². The average molecular weight is 287 g/mol. The highest BCUT2D eigenvalue weighted by Gasteiger charge is 2.09. The van der Waals surface area contributed by atoms with E-state index in [1.54, 1.807) is 12.1 Å². The van der Waals surface area contributed by atoms with Crippen LogP contribution < -0.4 is 10.1 Å². The SMILES string of the molecule is Cc1cccc(OCC(=O)Nc2cc([N+](=O)[O-])ccn2)c1. The molecule has 2 rings (SSSR count). The molecule has 7 heteroatoms. The van der Waals surface area contributed by atoms with E-state index < -0.39 is 10.8 Å². The van der Waals surface area contributed by atoms with Crippen molar-refractivity contribution in [1.29, 1.82) is 0 Å². The summed E-state index contributed by atoms with van der Waals surface area (Å²) in [7, 11) is 0. The summed E-state index contributed by atoms with van der Waals surface area (Å²) in [5.41, 5.74) is 0.883. The Morgan fingerprint density at radius 3 is 2.90 bits per heavy atom. The molecule has 1 N–H and O–H groups in total. The van der Waals surface area contributed by atoms with E-state index in [2.05, 4.69) is 10.3 Å². The molecule has 0 atom stereocenters. The molecule has 1 aromatic carbocycles. The van der Waals surface area contributed by atoms with Gasteiger partial charge in [-0.25, -0.2) is 4.98 Å². The Morgan fingerprint density at radius 1 is 1.38 bits per heavy atom. The number of hydrogen-bond acceptors (Lipinski definition) is 5. The van der Waals surface area contributed by atoms with Crippen molar-refractivity contribution in [3.8, 4) is 5.75 Å². The number of hydrogen-bond donors (Lipinski definition) is 1. The summed E-state index contributed by atoms with van der Waals surface area (Å²) in [6, 6.07) is 9.72. The van der Waals surface area contributed by atoms with Crippen molar-refractivity contribution < 1.29 is 14.5 Å². The number of nitro groups is 1. The number of benzene rings is 1. The van der Waals surface area contributed by atoms with E-state index in [1.807, 2.05) is 19.1 Å². The molecule has 2 aromatic rings. The van der Waals surface area contributed by atoms with Gasteiger partial charge in [0.1, 0.15) is 11.6 Å². The molecule has 0 aliphatic heterocycles. The number of pyridine rings is 1. The third-order valence-electron chi connectivity index (χ3n) is 2.58. The van der Waals surface area contributed by atoms with E-state index in [4.69, 9.17) is 4.74 Å². The zero-order valence-corrected chi connectivity index (χ0v) is 11.3. The second-order valence-electron chi connectivity index (χ2n) is 4.31. The topological polar surface area (TPSA) is 94.4 Å². The minimum absolute atomic E-state index is 0.113. The van der Waals surface area contributed by atoms with Gasteiger partial charge in [0, 0.05) is 12.3 Å². The Hall–Kier alpha value is -2.96. The van der Waals surface area contributed by atoms with Crippen LogP contribution in [0.5, 0.6) is 5.75 Å². The van der Waals surface area contributed by atoms with Crippen LogP contribution in [0.2, 0.25) is 0 Å². The maximum absolute atomic E-state index is 11.7. The lowest BCUT2D eigenvalue weighted by atomic mass is 10.2. The van der Waals surface area contributed by atoms with Crippen LogP contribution in [-0.2, 0) is 4.79 Å². The number of nitrogens with one attached hydrogen (secondary N) is 1. The fourth-order valence-corrected chi connectivity index (χ4v) is 1.63. The molecule has 0 saturated heterocycles. The number of anilines is 1. The Balaban J connectivity index is 1.93. The highest BCUT2D eigenvalue weighted by atomic mass is 16.6. The molecule has 1 amide bonds. The number of carbonyl (C=O) groups is 1. The number of aromatic nitrogens is 1. The maximum atomic E-state index is 11.7. The van der Waals surface area contributed by atoms with Crippen molar-refractivity contribution in [2.24, 2.45) is 0 Å². The predicted molar refractivity (Wildman–Crippen MR) is 76.2 cm³/mol. The number of amides is 1. The number of nitrogens with zero attached hydrogens (tertiary/aromatic N) is 2. The van der Waals surface area contributed by atoms with Crippen LogP contribution >= 0.6 is 0 Å². The first-order chi connectivity index (χ1) is 10.0. The van der Waals surface area contributed by atoms with E-state index in [1.165, 1.54) is 18.3 Å². The Labute approximate surface area is 120 Å². The summed E-state index contributed by atoms with van der Waals surface area (Å²) in [5.74, 6) is 0.253. The van der Waals surface area contributed by atoms with Crippen molar-refractivity contribution in [3.05, 3.63) is 58.3 Å². The fourth-order valence-electron chi connectivity index (χ4n) is 1.63. The maximum Gasteiger partial charge on any atom is 0.274 e. The predicted octanol–water partition coefficient (Wildman–Crippen LogP) is 2.32. The molecule has 0 fully saturated rings. The first-order valence-corrected chi connectivity index (χ1v) is 6.14. The summed E-state index contributed by atoms with van der Waals surface area (Å²) in [4.78, 5) is 25.6. The van der Waals surface area contributed by atoms with Gasteiger partial charge in [0.05, 0.1) is 11.0 Å². The second kappa shape index (κ2) is 6.47. The normalized spacial score (nSPS) is 9.95. The summed E-state index contributed by atoms with van der Waals surface area (Å²) < 4.78 is 5.32. The summed E-state index contributed by atoms with van der Waals surface area (Å²) in [5, 5.41) is 13.1. The number of aryl methyl sites for hydroxylation is 1. The van der Waals surface area contributed by atoms with Gasteiger partial charge >= 0.3 is 0 Å². The highest BCUT2D eigenvalue weighted by molar-refractivity contribution is 5.91. The van der Waals surface area contributed by atoms with E-state index in [0.29, 0.717) is 5.75 Å². The molecule has 0 bridgehead atoms. The van der Waals surface area contributed by atoms with Crippen molar-refractivity contribution in [3.63, 3.8) is 0 Å². The molecule has 7 nitrogen and oxygen atoms in total. The molecular formula is C14H13N3O4. The van der Waals surface area contributed by atoms with Crippen LogP contribution in [0.3, 0.4) is 0 Å². The standard InChI is InChI=1S/C14H13N3O4/c1-10-3-2-4-12(7-10)21-9-14(18)16-13-8-11(17(19)20)5-6-15-13/h2-8H,9H2,1H3,(H,15,16,18). The molecule has 1 aromatic heterocycles. The number of ether oxygens (including phenoxy) is 1. The molecule has 0 aliphatic carbocycles. The lowest BCUT2D eigenvalue weighted by Crippen LogP contribution is -2.20. The summed E-state index contributed by atoms with van der Waals surface area (Å²) in [6.45, 7) is 1.72. The smallest absolute Gasteiger partial charge is 0.274 e. The van der Waals surface area contributed by atoms with Crippen LogP contribution in [0, 0.1) is 17.0 Å². The van der Waals surface area contributed by atoms with E-state index in [9.17, 15) is 14.9 Å². The van der Waals surface area contributed by atoms with Crippen LogP contribution in [0.25, 0.3) is 0 Å². The van der Waals surface area contributed by atoms with Crippen LogP contribution in [0.1, 0.15) is 5.56 Å². The molecule has 1 heterocycles. The van der Waals surface area contributed by atoms with E-state index in [0.717, 1.165) is 5.56 Å². The third-order valence-corrected chi connectivity index (χ3v) is 2.58. The lowest BCUT2D eigenvalue weighted by molar-refractivity contribution is -0.384. The van der Waals surface area contributed by atoms with Gasteiger partial charge in [0.25, 0.3) is 11.6 Å². The van der Waals surface area contributed by atoms with Gasteiger partial charge in [-0.15, -0.1) is 0 Å².